The van der Waals surface area contributed by atoms with Gasteiger partial charge >= 0.3 is 0 Å². The maximum Gasteiger partial charge on any atom is 0.231 e. The highest BCUT2D eigenvalue weighted by atomic mass is 16.3. The summed E-state index contributed by atoms with van der Waals surface area (Å²) in [4.78, 5) is 12.4. The number of carbonyl (C=O) groups excluding carboxylic acids is 1. The molecular formula is C7H14N2O2. The Labute approximate surface area is 66.0 Å². The average Bonchev–Trinajstić information content (AvgIpc) is 1.93. The molecule has 1 aliphatic heterocycles. The van der Waals surface area contributed by atoms with Gasteiger partial charge in [0.05, 0.1) is 12.6 Å². The maximum absolute atomic E-state index is 10.5. The molecule has 0 aliphatic carbocycles. The molecule has 0 aromatic heterocycles. The van der Waals surface area contributed by atoms with Gasteiger partial charge in [0.2, 0.25) is 5.91 Å². The van der Waals surface area contributed by atoms with E-state index in [-0.39, 0.29) is 12.0 Å². The van der Waals surface area contributed by atoms with Crippen molar-refractivity contribution in [3.05, 3.63) is 0 Å². The first kappa shape index (κ1) is 8.49. The second-order valence-electron chi connectivity index (χ2n) is 2.97. The number of piperidine rings is 1. The van der Waals surface area contributed by atoms with Gasteiger partial charge in [-0.15, -0.1) is 0 Å². The fourth-order valence-electron chi connectivity index (χ4n) is 1.30. The SMILES string of the molecule is NC(=O)CN1CCC(O)CC1. The molecule has 1 heterocycles. The van der Waals surface area contributed by atoms with Gasteiger partial charge in [0.1, 0.15) is 0 Å². The van der Waals surface area contributed by atoms with Crippen molar-refractivity contribution in [2.45, 2.75) is 18.9 Å². The molecule has 1 saturated heterocycles. The van der Waals surface area contributed by atoms with Gasteiger partial charge in [-0.05, 0) is 12.8 Å². The van der Waals surface area contributed by atoms with Crippen molar-refractivity contribution in [1.82, 2.24) is 4.90 Å². The van der Waals surface area contributed by atoms with Gasteiger partial charge in [-0.2, -0.15) is 0 Å². The van der Waals surface area contributed by atoms with Gasteiger partial charge < -0.3 is 10.8 Å². The van der Waals surface area contributed by atoms with Crippen molar-refractivity contribution in [3.8, 4) is 0 Å². The molecule has 0 spiro atoms. The molecule has 11 heavy (non-hydrogen) atoms. The van der Waals surface area contributed by atoms with Gasteiger partial charge in [0, 0.05) is 13.1 Å². The molecule has 0 aromatic rings. The van der Waals surface area contributed by atoms with Crippen LogP contribution >= 0.6 is 0 Å². The third-order valence-electron chi connectivity index (χ3n) is 1.94. The lowest BCUT2D eigenvalue weighted by atomic mass is 10.1. The summed E-state index contributed by atoms with van der Waals surface area (Å²) in [6, 6.07) is 0. The average molecular weight is 158 g/mol. The Morgan fingerprint density at radius 1 is 1.55 bits per heavy atom. The molecule has 4 heteroatoms. The minimum absolute atomic E-state index is 0.181. The first-order valence-corrected chi connectivity index (χ1v) is 3.87. The molecule has 0 radical (unpaired) electrons. The predicted molar refractivity (Wildman–Crippen MR) is 40.9 cm³/mol. The van der Waals surface area contributed by atoms with E-state index in [1.165, 1.54) is 0 Å². The van der Waals surface area contributed by atoms with Gasteiger partial charge in [0.15, 0.2) is 0 Å². The van der Waals surface area contributed by atoms with E-state index in [1.54, 1.807) is 0 Å². The quantitative estimate of drug-likeness (QED) is 0.537. The lowest BCUT2D eigenvalue weighted by Gasteiger charge is -2.28. The lowest BCUT2D eigenvalue weighted by molar-refractivity contribution is -0.119. The number of primary amides is 1. The van der Waals surface area contributed by atoms with Crippen LogP contribution in [-0.4, -0.2) is 41.7 Å². The number of nitrogens with two attached hydrogens (primary N) is 1. The van der Waals surface area contributed by atoms with Crippen molar-refractivity contribution >= 4 is 5.91 Å². The monoisotopic (exact) mass is 158 g/mol. The third kappa shape index (κ3) is 2.86. The summed E-state index contributed by atoms with van der Waals surface area (Å²) in [6.07, 6.45) is 1.33. The normalized spacial score (nSPS) is 21.9. The van der Waals surface area contributed by atoms with Crippen LogP contribution in [0, 0.1) is 0 Å². The highest BCUT2D eigenvalue weighted by molar-refractivity contribution is 5.75. The number of nitrogens with zero attached hydrogens (tertiary/aromatic N) is 1. The number of carbonyl (C=O) groups is 1. The summed E-state index contributed by atoms with van der Waals surface area (Å²) < 4.78 is 0. The number of amides is 1. The van der Waals surface area contributed by atoms with E-state index in [1.807, 2.05) is 4.90 Å². The number of likely N-dealkylation sites (tertiary alicyclic amines) is 1. The summed E-state index contributed by atoms with van der Waals surface area (Å²) in [5, 5.41) is 9.12. The van der Waals surface area contributed by atoms with Crippen molar-refractivity contribution < 1.29 is 9.90 Å². The summed E-state index contributed by atoms with van der Waals surface area (Å²) in [5.41, 5.74) is 5.01. The van der Waals surface area contributed by atoms with Crippen LogP contribution in [0.2, 0.25) is 0 Å². The second-order valence-corrected chi connectivity index (χ2v) is 2.97. The van der Waals surface area contributed by atoms with Crippen LogP contribution in [0.4, 0.5) is 0 Å². The van der Waals surface area contributed by atoms with E-state index in [4.69, 9.17) is 10.8 Å². The zero-order valence-corrected chi connectivity index (χ0v) is 6.49. The molecule has 0 unspecified atom stereocenters. The minimum atomic E-state index is -0.290. The van der Waals surface area contributed by atoms with Gasteiger partial charge in [-0.1, -0.05) is 0 Å². The zero-order chi connectivity index (χ0) is 8.27. The fraction of sp³-hybridized carbons (Fsp3) is 0.857. The number of aliphatic hydroxyl groups is 1. The first-order chi connectivity index (χ1) is 5.18. The second kappa shape index (κ2) is 3.69. The van der Waals surface area contributed by atoms with Gasteiger partial charge in [-0.3, -0.25) is 9.69 Å². The van der Waals surface area contributed by atoms with Crippen LogP contribution in [0.15, 0.2) is 0 Å². The van der Waals surface area contributed by atoms with Crippen LogP contribution in [0.3, 0.4) is 0 Å². The van der Waals surface area contributed by atoms with E-state index >= 15 is 0 Å². The molecular weight excluding hydrogens is 144 g/mol. The molecule has 0 aromatic carbocycles. The van der Waals surface area contributed by atoms with Gasteiger partial charge in [0.25, 0.3) is 0 Å². The Balaban J connectivity index is 2.22. The Kier molecular flexibility index (Phi) is 2.84. The highest BCUT2D eigenvalue weighted by Gasteiger charge is 2.17. The molecule has 4 nitrogen and oxygen atoms in total. The Bertz CT molecular complexity index is 141. The minimum Gasteiger partial charge on any atom is -0.393 e. The molecule has 3 N–H and O–H groups in total. The molecule has 64 valence electrons. The number of rotatable bonds is 2. The predicted octanol–water partition coefficient (Wildman–Crippen LogP) is -1.07. The maximum atomic E-state index is 10.5. The van der Waals surface area contributed by atoms with E-state index in [9.17, 15) is 4.79 Å². The smallest absolute Gasteiger partial charge is 0.231 e. The van der Waals surface area contributed by atoms with E-state index in [0.29, 0.717) is 6.54 Å². The van der Waals surface area contributed by atoms with Crippen LogP contribution in [0.5, 0.6) is 0 Å². The van der Waals surface area contributed by atoms with Crippen LogP contribution in [-0.2, 0) is 4.79 Å². The summed E-state index contributed by atoms with van der Waals surface area (Å²) in [7, 11) is 0. The molecule has 0 atom stereocenters. The van der Waals surface area contributed by atoms with Crippen molar-refractivity contribution in [3.63, 3.8) is 0 Å². The van der Waals surface area contributed by atoms with Crippen LogP contribution in [0.25, 0.3) is 0 Å². The largest absolute Gasteiger partial charge is 0.393 e. The fourth-order valence-corrected chi connectivity index (χ4v) is 1.30. The standard InChI is InChI=1S/C7H14N2O2/c8-7(11)5-9-3-1-6(10)2-4-9/h6,10H,1-5H2,(H2,8,11). The molecule has 0 bridgehead atoms. The van der Waals surface area contributed by atoms with Crippen LogP contribution < -0.4 is 5.73 Å². The summed E-state index contributed by atoms with van der Waals surface area (Å²) in [6.45, 7) is 1.89. The Morgan fingerprint density at radius 3 is 2.55 bits per heavy atom. The molecule has 0 saturated carbocycles. The van der Waals surface area contributed by atoms with Crippen molar-refractivity contribution in [2.24, 2.45) is 5.73 Å². The van der Waals surface area contributed by atoms with Crippen LogP contribution in [0.1, 0.15) is 12.8 Å². The molecule has 1 rings (SSSR count). The Hall–Kier alpha value is -0.610. The Morgan fingerprint density at radius 2 is 2.09 bits per heavy atom. The molecule has 1 fully saturated rings. The van der Waals surface area contributed by atoms with Crippen molar-refractivity contribution in [1.29, 1.82) is 0 Å². The first-order valence-electron chi connectivity index (χ1n) is 3.87. The topological polar surface area (TPSA) is 66.6 Å². The summed E-state index contributed by atoms with van der Waals surface area (Å²) in [5.74, 6) is -0.290. The zero-order valence-electron chi connectivity index (χ0n) is 6.49. The lowest BCUT2D eigenvalue weighted by Crippen LogP contribution is -2.40. The summed E-state index contributed by atoms with van der Waals surface area (Å²) >= 11 is 0. The highest BCUT2D eigenvalue weighted by Crippen LogP contribution is 2.08. The van der Waals surface area contributed by atoms with E-state index in [0.717, 1.165) is 25.9 Å². The van der Waals surface area contributed by atoms with Gasteiger partial charge in [-0.25, -0.2) is 0 Å². The number of aliphatic hydroxyl groups excluding tert-OH is 1. The number of hydrogen-bond acceptors (Lipinski definition) is 3. The number of hydrogen-bond donors (Lipinski definition) is 2. The van der Waals surface area contributed by atoms with E-state index < -0.39 is 0 Å². The van der Waals surface area contributed by atoms with E-state index in [2.05, 4.69) is 0 Å². The molecule has 1 aliphatic rings. The third-order valence-corrected chi connectivity index (χ3v) is 1.94. The van der Waals surface area contributed by atoms with Crippen molar-refractivity contribution in [2.75, 3.05) is 19.6 Å². The molecule has 1 amide bonds.